The summed E-state index contributed by atoms with van der Waals surface area (Å²) in [5.41, 5.74) is 3.13. The summed E-state index contributed by atoms with van der Waals surface area (Å²) >= 11 is 0. The van der Waals surface area contributed by atoms with Crippen LogP contribution >= 0.6 is 0 Å². The van der Waals surface area contributed by atoms with Crippen LogP contribution in [0.3, 0.4) is 0 Å². The van der Waals surface area contributed by atoms with E-state index in [1.807, 2.05) is 30.3 Å². The van der Waals surface area contributed by atoms with Crippen molar-refractivity contribution in [1.29, 1.82) is 0 Å². The van der Waals surface area contributed by atoms with Crippen molar-refractivity contribution in [3.63, 3.8) is 0 Å². The summed E-state index contributed by atoms with van der Waals surface area (Å²) in [5, 5.41) is 11.6. The van der Waals surface area contributed by atoms with E-state index in [9.17, 15) is 0 Å². The second kappa shape index (κ2) is 4.67. The van der Waals surface area contributed by atoms with Gasteiger partial charge < -0.3 is 5.02 Å². The van der Waals surface area contributed by atoms with E-state index in [2.05, 4.69) is 36.4 Å². The fraction of sp³-hybridized carbons (Fsp3) is 0. The molecule has 3 rings (SSSR count). The maximum atomic E-state index is 9.10. The SMILES string of the molecule is O[B]c1cccc(-c2cccc3ccccc23)c1. The van der Waals surface area contributed by atoms with E-state index in [0.717, 1.165) is 18.5 Å². The third kappa shape index (κ3) is 1.91. The number of hydrogen-bond donors (Lipinski definition) is 1. The van der Waals surface area contributed by atoms with Gasteiger partial charge in [0.2, 0.25) is 0 Å². The van der Waals surface area contributed by atoms with Crippen molar-refractivity contribution in [2.45, 2.75) is 0 Å². The van der Waals surface area contributed by atoms with Gasteiger partial charge in [0.05, 0.1) is 0 Å². The van der Waals surface area contributed by atoms with E-state index in [1.165, 1.54) is 16.3 Å². The van der Waals surface area contributed by atoms with Crippen molar-refractivity contribution < 1.29 is 5.02 Å². The molecule has 0 spiro atoms. The molecule has 0 unspecified atom stereocenters. The number of rotatable bonds is 2. The molecule has 0 bridgehead atoms. The lowest BCUT2D eigenvalue weighted by Crippen LogP contribution is -2.12. The van der Waals surface area contributed by atoms with E-state index in [1.54, 1.807) is 0 Å². The predicted molar refractivity (Wildman–Crippen MR) is 77.0 cm³/mol. The smallest absolute Gasteiger partial charge is 0.326 e. The lowest BCUT2D eigenvalue weighted by Gasteiger charge is -2.07. The summed E-state index contributed by atoms with van der Waals surface area (Å²) in [5.74, 6) is 0. The molecule has 0 fully saturated rings. The molecule has 0 aliphatic carbocycles. The van der Waals surface area contributed by atoms with Crippen molar-refractivity contribution in [3.05, 3.63) is 66.7 Å². The average molecular weight is 231 g/mol. The molecule has 3 aromatic rings. The minimum absolute atomic E-state index is 0.820. The van der Waals surface area contributed by atoms with Gasteiger partial charge in [-0.25, -0.2) is 0 Å². The van der Waals surface area contributed by atoms with Crippen LogP contribution in [0.15, 0.2) is 66.7 Å². The second-order valence-corrected chi connectivity index (χ2v) is 4.28. The van der Waals surface area contributed by atoms with Crippen LogP contribution in [0.1, 0.15) is 0 Å². The maximum absolute atomic E-state index is 9.10. The standard InChI is InChI=1S/C16H12BO/c18-17-14-8-3-7-13(11-14)16-10-4-6-12-5-1-2-9-15(12)16/h1-11,18H. The van der Waals surface area contributed by atoms with Crippen molar-refractivity contribution in [2.75, 3.05) is 0 Å². The largest absolute Gasteiger partial charge is 0.450 e. The van der Waals surface area contributed by atoms with Crippen LogP contribution in [0.4, 0.5) is 0 Å². The highest BCUT2D eigenvalue weighted by Crippen LogP contribution is 2.27. The highest BCUT2D eigenvalue weighted by Gasteiger charge is 2.04. The molecule has 0 heterocycles. The molecule has 0 atom stereocenters. The Morgan fingerprint density at radius 2 is 1.56 bits per heavy atom. The molecular formula is C16H12BO. The summed E-state index contributed by atoms with van der Waals surface area (Å²) < 4.78 is 0. The first-order valence-corrected chi connectivity index (χ1v) is 5.94. The zero-order chi connectivity index (χ0) is 12.4. The van der Waals surface area contributed by atoms with E-state index in [-0.39, 0.29) is 0 Å². The molecule has 0 saturated carbocycles. The van der Waals surface area contributed by atoms with Gasteiger partial charge in [0.15, 0.2) is 0 Å². The summed E-state index contributed by atoms with van der Waals surface area (Å²) in [6.45, 7) is 0. The molecule has 0 aliphatic rings. The Balaban J connectivity index is 2.24. The second-order valence-electron chi connectivity index (χ2n) is 4.28. The number of fused-ring (bicyclic) bond motifs is 1. The van der Waals surface area contributed by atoms with Crippen molar-refractivity contribution >= 4 is 23.7 Å². The van der Waals surface area contributed by atoms with Gasteiger partial charge >= 0.3 is 7.48 Å². The van der Waals surface area contributed by atoms with Crippen LogP contribution in [0, 0.1) is 0 Å². The van der Waals surface area contributed by atoms with Gasteiger partial charge in [-0.15, -0.1) is 0 Å². The van der Waals surface area contributed by atoms with E-state index in [4.69, 9.17) is 5.02 Å². The van der Waals surface area contributed by atoms with Gasteiger partial charge in [0, 0.05) is 0 Å². The third-order valence-electron chi connectivity index (χ3n) is 3.14. The quantitative estimate of drug-likeness (QED) is 0.672. The van der Waals surface area contributed by atoms with Gasteiger partial charge in [-0.2, -0.15) is 0 Å². The summed E-state index contributed by atoms with van der Waals surface area (Å²) in [6, 6.07) is 22.5. The average Bonchev–Trinajstić information content (AvgIpc) is 2.47. The normalized spacial score (nSPS) is 10.5. The van der Waals surface area contributed by atoms with Crippen molar-refractivity contribution in [2.24, 2.45) is 0 Å². The molecule has 2 heteroatoms. The van der Waals surface area contributed by atoms with Crippen molar-refractivity contribution in [3.8, 4) is 11.1 Å². The Morgan fingerprint density at radius 1 is 0.778 bits per heavy atom. The Morgan fingerprint density at radius 3 is 2.44 bits per heavy atom. The first kappa shape index (κ1) is 11.1. The molecule has 18 heavy (non-hydrogen) atoms. The van der Waals surface area contributed by atoms with Gasteiger partial charge in [-0.1, -0.05) is 72.2 Å². The molecule has 85 valence electrons. The lowest BCUT2D eigenvalue weighted by atomic mass is 9.86. The van der Waals surface area contributed by atoms with Crippen LogP contribution in [0.2, 0.25) is 0 Å². The van der Waals surface area contributed by atoms with Crippen molar-refractivity contribution in [1.82, 2.24) is 0 Å². The first-order valence-electron chi connectivity index (χ1n) is 5.94. The zero-order valence-corrected chi connectivity index (χ0v) is 9.88. The summed E-state index contributed by atoms with van der Waals surface area (Å²) in [6.07, 6.45) is 0. The van der Waals surface area contributed by atoms with Crippen LogP contribution in [0.25, 0.3) is 21.9 Å². The molecule has 1 radical (unpaired) electrons. The fourth-order valence-electron chi connectivity index (χ4n) is 2.26. The highest BCUT2D eigenvalue weighted by atomic mass is 16.2. The minimum atomic E-state index is 0.820. The fourth-order valence-corrected chi connectivity index (χ4v) is 2.26. The highest BCUT2D eigenvalue weighted by molar-refractivity contribution is 6.45. The molecule has 1 N–H and O–H groups in total. The van der Waals surface area contributed by atoms with Gasteiger partial charge in [0.25, 0.3) is 0 Å². The van der Waals surface area contributed by atoms with E-state index < -0.39 is 0 Å². The molecular weight excluding hydrogens is 219 g/mol. The zero-order valence-electron chi connectivity index (χ0n) is 9.88. The summed E-state index contributed by atoms with van der Waals surface area (Å²) in [4.78, 5) is 0. The molecule has 0 aliphatic heterocycles. The molecule has 0 saturated heterocycles. The van der Waals surface area contributed by atoms with E-state index >= 15 is 0 Å². The third-order valence-corrected chi connectivity index (χ3v) is 3.14. The molecule has 1 nitrogen and oxygen atoms in total. The maximum Gasteiger partial charge on any atom is 0.326 e. The Labute approximate surface area is 107 Å². The monoisotopic (exact) mass is 231 g/mol. The van der Waals surface area contributed by atoms with Crippen LogP contribution in [-0.2, 0) is 0 Å². The van der Waals surface area contributed by atoms with Crippen LogP contribution in [-0.4, -0.2) is 12.5 Å². The predicted octanol–water partition coefficient (Wildman–Crippen LogP) is 2.74. The topological polar surface area (TPSA) is 20.2 Å². The van der Waals surface area contributed by atoms with Gasteiger partial charge in [-0.05, 0) is 21.9 Å². The molecule has 0 aromatic heterocycles. The Bertz CT molecular complexity index is 686. The van der Waals surface area contributed by atoms with E-state index in [0.29, 0.717) is 0 Å². The summed E-state index contributed by atoms with van der Waals surface area (Å²) in [7, 11) is 1.13. The Hall–Kier alpha value is -2.06. The minimum Gasteiger partial charge on any atom is -0.450 e. The lowest BCUT2D eigenvalue weighted by molar-refractivity contribution is 0.615. The van der Waals surface area contributed by atoms with Crippen LogP contribution in [0.5, 0.6) is 0 Å². The first-order chi connectivity index (χ1) is 8.88. The number of benzene rings is 3. The number of hydrogen-bond acceptors (Lipinski definition) is 1. The van der Waals surface area contributed by atoms with Gasteiger partial charge in [-0.3, -0.25) is 0 Å². The van der Waals surface area contributed by atoms with Crippen LogP contribution < -0.4 is 5.46 Å². The van der Waals surface area contributed by atoms with Gasteiger partial charge in [0.1, 0.15) is 0 Å². The Kier molecular flexibility index (Phi) is 2.87. The molecule has 0 amide bonds. The molecule has 3 aromatic carbocycles.